The number of nitro benzene ring substituents is 1. The summed E-state index contributed by atoms with van der Waals surface area (Å²) in [6.07, 6.45) is -3.89. The summed E-state index contributed by atoms with van der Waals surface area (Å²) in [6.45, 7) is 0. The van der Waals surface area contributed by atoms with Crippen LogP contribution in [0.2, 0.25) is 5.02 Å². The van der Waals surface area contributed by atoms with Crippen molar-refractivity contribution in [1.82, 2.24) is 0 Å². The minimum absolute atomic E-state index is 0.161. The molecule has 1 aliphatic carbocycles. The van der Waals surface area contributed by atoms with E-state index in [2.05, 4.69) is 5.92 Å². The van der Waals surface area contributed by atoms with Crippen LogP contribution < -0.4 is 0 Å². The van der Waals surface area contributed by atoms with E-state index in [0.29, 0.717) is 12.8 Å². The number of benzene rings is 1. The highest BCUT2D eigenvalue weighted by Crippen LogP contribution is 2.43. The normalized spacial score (nSPS) is 17.6. The van der Waals surface area contributed by atoms with Crippen molar-refractivity contribution in [3.05, 3.63) is 38.9 Å². The summed E-state index contributed by atoms with van der Waals surface area (Å²) in [7, 11) is 0. The second-order valence-electron chi connectivity index (χ2n) is 4.67. The lowest BCUT2D eigenvalue weighted by Gasteiger charge is -2.25. The van der Waals surface area contributed by atoms with Gasteiger partial charge in [0.15, 0.2) is 0 Å². The number of hydrogen-bond acceptors (Lipinski definition) is 3. The molecule has 1 saturated carbocycles. The Kier molecular flexibility index (Phi) is 3.87. The number of nitrogens with zero attached hydrogens (tertiary/aromatic N) is 1. The van der Waals surface area contributed by atoms with Crippen LogP contribution in [0.5, 0.6) is 0 Å². The van der Waals surface area contributed by atoms with Crippen molar-refractivity contribution in [3.63, 3.8) is 0 Å². The van der Waals surface area contributed by atoms with E-state index in [0.717, 1.165) is 18.2 Å². The van der Waals surface area contributed by atoms with Crippen LogP contribution in [0.1, 0.15) is 18.4 Å². The van der Waals surface area contributed by atoms with Gasteiger partial charge in [-0.3, -0.25) is 10.1 Å². The molecule has 8 heteroatoms. The first-order valence-corrected chi connectivity index (χ1v) is 6.29. The Morgan fingerprint density at radius 3 is 2.48 bits per heavy atom. The molecule has 1 aromatic rings. The van der Waals surface area contributed by atoms with Crippen molar-refractivity contribution in [2.45, 2.75) is 24.6 Å². The quantitative estimate of drug-likeness (QED) is 0.516. The lowest BCUT2D eigenvalue weighted by molar-refractivity contribution is -0.387. The summed E-state index contributed by atoms with van der Waals surface area (Å²) in [6, 6.07) is 2.61. The highest BCUT2D eigenvalue weighted by molar-refractivity contribution is 6.30. The molecular formula is C13H9ClF3NO3. The van der Waals surface area contributed by atoms with Crippen molar-refractivity contribution in [2.75, 3.05) is 0 Å². The predicted molar refractivity (Wildman–Crippen MR) is 68.6 cm³/mol. The maximum absolute atomic E-state index is 13.2. The first kappa shape index (κ1) is 15.6. The van der Waals surface area contributed by atoms with E-state index < -0.39 is 28.0 Å². The van der Waals surface area contributed by atoms with Crippen molar-refractivity contribution < 1.29 is 23.2 Å². The third-order valence-corrected chi connectivity index (χ3v) is 3.22. The number of aliphatic hydroxyl groups is 1. The van der Waals surface area contributed by atoms with Crippen molar-refractivity contribution in [2.24, 2.45) is 5.92 Å². The van der Waals surface area contributed by atoms with Crippen molar-refractivity contribution in [1.29, 1.82) is 0 Å². The van der Waals surface area contributed by atoms with E-state index in [1.54, 1.807) is 5.92 Å². The van der Waals surface area contributed by atoms with Crippen LogP contribution in [0.15, 0.2) is 18.2 Å². The Morgan fingerprint density at radius 1 is 1.38 bits per heavy atom. The molecule has 0 spiro atoms. The number of hydrogen-bond donors (Lipinski definition) is 1. The molecule has 1 unspecified atom stereocenters. The predicted octanol–water partition coefficient (Wildman–Crippen LogP) is 3.41. The average Bonchev–Trinajstić information content (AvgIpc) is 3.18. The van der Waals surface area contributed by atoms with E-state index >= 15 is 0 Å². The molecule has 1 N–H and O–H groups in total. The molecule has 0 saturated heterocycles. The Balaban J connectivity index is 2.64. The smallest absolute Gasteiger partial charge is 0.366 e. The van der Waals surface area contributed by atoms with Crippen LogP contribution in [-0.4, -0.2) is 16.2 Å². The second kappa shape index (κ2) is 5.20. The Labute approximate surface area is 122 Å². The maximum Gasteiger partial charge on any atom is 0.433 e. The minimum atomic E-state index is -5.19. The summed E-state index contributed by atoms with van der Waals surface area (Å²) in [5.41, 5.74) is -5.48. The van der Waals surface area contributed by atoms with Crippen LogP contribution >= 0.6 is 11.6 Å². The van der Waals surface area contributed by atoms with Gasteiger partial charge in [0.1, 0.15) is 0 Å². The Hall–Kier alpha value is -1.78. The zero-order valence-electron chi connectivity index (χ0n) is 10.4. The molecule has 0 heterocycles. The van der Waals surface area contributed by atoms with Crippen LogP contribution in [0, 0.1) is 27.9 Å². The molecule has 112 valence electrons. The highest BCUT2D eigenvalue weighted by Gasteiger charge is 2.57. The number of alkyl halides is 3. The Morgan fingerprint density at radius 2 is 2.00 bits per heavy atom. The summed E-state index contributed by atoms with van der Waals surface area (Å²) < 4.78 is 39.7. The van der Waals surface area contributed by atoms with Crippen LogP contribution in [0.4, 0.5) is 18.9 Å². The summed E-state index contributed by atoms with van der Waals surface area (Å²) in [5.74, 6) is 3.85. The van der Waals surface area contributed by atoms with Gasteiger partial charge in [0, 0.05) is 17.0 Å². The molecule has 1 atom stereocenters. The van der Waals surface area contributed by atoms with E-state index in [1.807, 2.05) is 0 Å². The Bertz CT molecular complexity index is 646. The standard InChI is InChI=1S/C13H9ClF3NO3/c14-9-3-4-11(18(20)21)10(7-9)12(19,13(15,16)17)6-5-8-1-2-8/h3-4,7-8,19H,1-2H2. The third kappa shape index (κ3) is 3.12. The number of rotatable bonds is 2. The molecule has 0 radical (unpaired) electrons. The highest BCUT2D eigenvalue weighted by atomic mass is 35.5. The van der Waals surface area contributed by atoms with Crippen LogP contribution in [-0.2, 0) is 5.60 Å². The van der Waals surface area contributed by atoms with E-state index in [9.17, 15) is 28.4 Å². The largest absolute Gasteiger partial charge is 0.433 e. The summed E-state index contributed by atoms with van der Waals surface area (Å²) in [5, 5.41) is 20.7. The summed E-state index contributed by atoms with van der Waals surface area (Å²) in [4.78, 5) is 9.88. The maximum atomic E-state index is 13.2. The first-order chi connectivity index (χ1) is 9.65. The lowest BCUT2D eigenvalue weighted by Crippen LogP contribution is -2.41. The summed E-state index contributed by atoms with van der Waals surface area (Å²) >= 11 is 5.60. The number of halogens is 4. The SMILES string of the molecule is O=[N+]([O-])c1ccc(Cl)cc1C(O)(C#CC1CC1)C(F)(F)F. The zero-order valence-corrected chi connectivity index (χ0v) is 11.2. The molecule has 1 aliphatic rings. The fourth-order valence-corrected chi connectivity index (χ4v) is 1.85. The molecule has 1 aromatic carbocycles. The molecule has 0 aliphatic heterocycles. The molecule has 4 nitrogen and oxygen atoms in total. The zero-order chi connectivity index (χ0) is 15.8. The number of nitro groups is 1. The van der Waals surface area contributed by atoms with Crippen LogP contribution in [0.3, 0.4) is 0 Å². The van der Waals surface area contributed by atoms with Gasteiger partial charge in [-0.05, 0) is 25.0 Å². The second-order valence-corrected chi connectivity index (χ2v) is 5.11. The molecule has 1 fully saturated rings. The van der Waals surface area contributed by atoms with Gasteiger partial charge in [0.05, 0.1) is 10.5 Å². The molecular weight excluding hydrogens is 311 g/mol. The van der Waals surface area contributed by atoms with Gasteiger partial charge in [0.25, 0.3) is 11.3 Å². The molecule has 0 aromatic heterocycles. The third-order valence-electron chi connectivity index (χ3n) is 2.99. The van der Waals surface area contributed by atoms with E-state index in [1.165, 1.54) is 0 Å². The van der Waals surface area contributed by atoms with Gasteiger partial charge in [-0.25, -0.2) is 0 Å². The van der Waals surface area contributed by atoms with Gasteiger partial charge >= 0.3 is 6.18 Å². The average molecular weight is 320 g/mol. The van der Waals surface area contributed by atoms with Gasteiger partial charge < -0.3 is 5.11 Å². The van der Waals surface area contributed by atoms with E-state index in [4.69, 9.17) is 11.6 Å². The monoisotopic (exact) mass is 319 g/mol. The van der Waals surface area contributed by atoms with Crippen LogP contribution in [0.25, 0.3) is 0 Å². The molecule has 0 amide bonds. The van der Waals surface area contributed by atoms with Gasteiger partial charge in [-0.15, -0.1) is 0 Å². The first-order valence-electron chi connectivity index (χ1n) is 5.91. The minimum Gasteiger partial charge on any atom is -0.366 e. The van der Waals surface area contributed by atoms with Crippen molar-refractivity contribution >= 4 is 17.3 Å². The molecule has 21 heavy (non-hydrogen) atoms. The fraction of sp³-hybridized carbons (Fsp3) is 0.385. The molecule has 0 bridgehead atoms. The van der Waals surface area contributed by atoms with Gasteiger partial charge in [-0.1, -0.05) is 23.4 Å². The molecule has 2 rings (SSSR count). The van der Waals surface area contributed by atoms with Gasteiger partial charge in [0.2, 0.25) is 0 Å². The van der Waals surface area contributed by atoms with E-state index in [-0.39, 0.29) is 10.9 Å². The lowest BCUT2D eigenvalue weighted by atomic mass is 9.92. The fourth-order valence-electron chi connectivity index (χ4n) is 1.68. The van der Waals surface area contributed by atoms with Crippen molar-refractivity contribution in [3.8, 4) is 11.8 Å². The van der Waals surface area contributed by atoms with Gasteiger partial charge in [-0.2, -0.15) is 13.2 Å². The topological polar surface area (TPSA) is 63.4 Å².